The molecule has 2 unspecified atom stereocenters. The molecule has 4 nitrogen and oxygen atoms in total. The highest BCUT2D eigenvalue weighted by Crippen LogP contribution is 2.33. The van der Waals surface area contributed by atoms with Crippen molar-refractivity contribution in [2.75, 3.05) is 20.3 Å². The van der Waals surface area contributed by atoms with Gasteiger partial charge in [0.25, 0.3) is 0 Å². The lowest BCUT2D eigenvalue weighted by molar-refractivity contribution is 0.0621. The summed E-state index contributed by atoms with van der Waals surface area (Å²) < 4.78 is 4.93. The van der Waals surface area contributed by atoms with Crippen LogP contribution in [0.4, 0.5) is 0 Å². The molecular formula is C14H22N2O2. The van der Waals surface area contributed by atoms with E-state index in [2.05, 4.69) is 16.4 Å². The maximum Gasteiger partial charge on any atom is 0.0897 e. The number of aliphatic hydroxyl groups is 1. The average Bonchev–Trinajstić information content (AvgIpc) is 3.20. The van der Waals surface area contributed by atoms with E-state index in [0.29, 0.717) is 19.2 Å². The van der Waals surface area contributed by atoms with Crippen molar-refractivity contribution in [3.05, 3.63) is 30.1 Å². The SMILES string of the molecule is COCC(O)CNC(Cc1ccccn1)C1CC1. The van der Waals surface area contributed by atoms with E-state index < -0.39 is 6.10 Å². The number of nitrogens with one attached hydrogen (secondary N) is 1. The fourth-order valence-electron chi connectivity index (χ4n) is 2.19. The Labute approximate surface area is 108 Å². The summed E-state index contributed by atoms with van der Waals surface area (Å²) >= 11 is 0. The Bertz CT molecular complexity index is 341. The number of ether oxygens (including phenoxy) is 1. The highest BCUT2D eigenvalue weighted by Gasteiger charge is 2.31. The predicted molar refractivity (Wildman–Crippen MR) is 70.3 cm³/mol. The molecule has 2 rings (SSSR count). The quantitative estimate of drug-likeness (QED) is 0.723. The Kier molecular flexibility index (Phi) is 5.11. The topological polar surface area (TPSA) is 54.4 Å². The van der Waals surface area contributed by atoms with Gasteiger partial charge in [-0.25, -0.2) is 0 Å². The standard InChI is InChI=1S/C14H22N2O2/c1-18-10-13(17)9-16-14(11-5-6-11)8-12-4-2-3-7-15-12/h2-4,7,11,13-14,16-17H,5-6,8-10H2,1H3. The third-order valence-electron chi connectivity index (χ3n) is 3.32. The van der Waals surface area contributed by atoms with Crippen molar-refractivity contribution in [2.24, 2.45) is 5.92 Å². The largest absolute Gasteiger partial charge is 0.389 e. The number of rotatable bonds is 8. The first-order chi connectivity index (χ1) is 8.79. The number of nitrogens with zero attached hydrogens (tertiary/aromatic N) is 1. The fraction of sp³-hybridized carbons (Fsp3) is 0.643. The molecule has 1 aromatic rings. The van der Waals surface area contributed by atoms with E-state index in [0.717, 1.165) is 18.0 Å². The van der Waals surface area contributed by atoms with Crippen LogP contribution in [0.2, 0.25) is 0 Å². The lowest BCUT2D eigenvalue weighted by Crippen LogP contribution is -2.40. The zero-order valence-corrected chi connectivity index (χ0v) is 10.9. The minimum absolute atomic E-state index is 0.383. The summed E-state index contributed by atoms with van der Waals surface area (Å²) in [6.07, 6.45) is 4.90. The zero-order valence-electron chi connectivity index (χ0n) is 10.9. The van der Waals surface area contributed by atoms with Gasteiger partial charge in [0.1, 0.15) is 0 Å². The third kappa shape index (κ3) is 4.37. The van der Waals surface area contributed by atoms with E-state index in [9.17, 15) is 5.11 Å². The summed E-state index contributed by atoms with van der Waals surface area (Å²) in [5.41, 5.74) is 1.11. The molecule has 1 aliphatic rings. The van der Waals surface area contributed by atoms with Crippen LogP contribution in [0.3, 0.4) is 0 Å². The smallest absolute Gasteiger partial charge is 0.0897 e. The molecule has 0 bridgehead atoms. The van der Waals surface area contributed by atoms with E-state index in [1.165, 1.54) is 12.8 Å². The Hall–Kier alpha value is -0.970. The lowest BCUT2D eigenvalue weighted by Gasteiger charge is -2.20. The minimum Gasteiger partial charge on any atom is -0.389 e. The number of pyridine rings is 1. The molecule has 0 saturated heterocycles. The average molecular weight is 250 g/mol. The van der Waals surface area contributed by atoms with Crippen molar-refractivity contribution in [1.29, 1.82) is 0 Å². The summed E-state index contributed by atoms with van der Waals surface area (Å²) in [5.74, 6) is 0.738. The molecule has 100 valence electrons. The van der Waals surface area contributed by atoms with E-state index in [-0.39, 0.29) is 0 Å². The molecule has 1 fully saturated rings. The number of aliphatic hydroxyl groups excluding tert-OH is 1. The van der Waals surface area contributed by atoms with Crippen LogP contribution < -0.4 is 5.32 Å². The molecule has 2 atom stereocenters. The molecule has 0 amide bonds. The molecule has 0 radical (unpaired) electrons. The van der Waals surface area contributed by atoms with Crippen LogP contribution >= 0.6 is 0 Å². The summed E-state index contributed by atoms with van der Waals surface area (Å²) in [6.45, 7) is 0.968. The molecule has 4 heteroatoms. The Balaban J connectivity index is 1.81. The van der Waals surface area contributed by atoms with E-state index in [4.69, 9.17) is 4.74 Å². The second-order valence-corrected chi connectivity index (χ2v) is 4.99. The van der Waals surface area contributed by atoms with E-state index in [1.54, 1.807) is 7.11 Å². The summed E-state index contributed by atoms with van der Waals surface area (Å²) in [7, 11) is 1.61. The van der Waals surface area contributed by atoms with Crippen molar-refractivity contribution >= 4 is 0 Å². The van der Waals surface area contributed by atoms with Gasteiger partial charge in [-0.15, -0.1) is 0 Å². The Morgan fingerprint density at radius 3 is 2.94 bits per heavy atom. The first kappa shape index (κ1) is 13.5. The van der Waals surface area contributed by atoms with Crippen LogP contribution in [0.15, 0.2) is 24.4 Å². The van der Waals surface area contributed by atoms with Gasteiger partial charge in [-0.1, -0.05) is 6.07 Å². The number of hydrogen-bond donors (Lipinski definition) is 2. The molecule has 0 aromatic carbocycles. The van der Waals surface area contributed by atoms with Crippen molar-refractivity contribution in [1.82, 2.24) is 10.3 Å². The molecular weight excluding hydrogens is 228 g/mol. The molecule has 1 aliphatic carbocycles. The first-order valence-electron chi connectivity index (χ1n) is 6.60. The van der Waals surface area contributed by atoms with Crippen LogP contribution in [0, 0.1) is 5.92 Å². The van der Waals surface area contributed by atoms with Gasteiger partial charge in [0.15, 0.2) is 0 Å². The monoisotopic (exact) mass is 250 g/mol. The second-order valence-electron chi connectivity index (χ2n) is 4.99. The van der Waals surface area contributed by atoms with Crippen molar-refractivity contribution in [2.45, 2.75) is 31.4 Å². The highest BCUT2D eigenvalue weighted by atomic mass is 16.5. The van der Waals surface area contributed by atoms with Crippen molar-refractivity contribution < 1.29 is 9.84 Å². The number of methoxy groups -OCH3 is 1. The molecule has 1 heterocycles. The maximum atomic E-state index is 9.66. The Morgan fingerprint density at radius 1 is 1.50 bits per heavy atom. The Morgan fingerprint density at radius 2 is 2.33 bits per heavy atom. The molecule has 0 spiro atoms. The second kappa shape index (κ2) is 6.83. The van der Waals surface area contributed by atoms with Gasteiger partial charge in [0, 0.05) is 38.0 Å². The van der Waals surface area contributed by atoms with E-state index >= 15 is 0 Å². The van der Waals surface area contributed by atoms with Crippen LogP contribution in [0.1, 0.15) is 18.5 Å². The minimum atomic E-state index is -0.431. The van der Waals surface area contributed by atoms with Crippen LogP contribution in [-0.2, 0) is 11.2 Å². The predicted octanol–water partition coefficient (Wildman–Crippen LogP) is 1.000. The normalized spacial score (nSPS) is 18.6. The van der Waals surface area contributed by atoms with Gasteiger partial charge in [-0.05, 0) is 30.9 Å². The van der Waals surface area contributed by atoms with Crippen molar-refractivity contribution in [3.8, 4) is 0 Å². The number of aromatic nitrogens is 1. The zero-order chi connectivity index (χ0) is 12.8. The van der Waals surface area contributed by atoms with Gasteiger partial charge in [0.2, 0.25) is 0 Å². The van der Waals surface area contributed by atoms with Crippen molar-refractivity contribution in [3.63, 3.8) is 0 Å². The van der Waals surface area contributed by atoms with E-state index in [1.807, 2.05) is 18.3 Å². The van der Waals surface area contributed by atoms with Crippen LogP contribution in [-0.4, -0.2) is 42.5 Å². The highest BCUT2D eigenvalue weighted by molar-refractivity contribution is 5.07. The van der Waals surface area contributed by atoms with Gasteiger partial charge in [-0.3, -0.25) is 4.98 Å². The summed E-state index contributed by atoms with van der Waals surface area (Å²) in [4.78, 5) is 4.36. The molecule has 0 aliphatic heterocycles. The summed E-state index contributed by atoms with van der Waals surface area (Å²) in [6, 6.07) is 6.44. The van der Waals surface area contributed by atoms with Crippen LogP contribution in [0.25, 0.3) is 0 Å². The van der Waals surface area contributed by atoms with Gasteiger partial charge < -0.3 is 15.2 Å². The molecule has 1 saturated carbocycles. The molecule has 2 N–H and O–H groups in total. The lowest BCUT2D eigenvalue weighted by atomic mass is 10.1. The molecule has 1 aromatic heterocycles. The fourth-order valence-corrected chi connectivity index (χ4v) is 2.19. The third-order valence-corrected chi connectivity index (χ3v) is 3.32. The first-order valence-corrected chi connectivity index (χ1v) is 6.60. The van der Waals surface area contributed by atoms with Crippen LogP contribution in [0.5, 0.6) is 0 Å². The van der Waals surface area contributed by atoms with Gasteiger partial charge in [-0.2, -0.15) is 0 Å². The molecule has 18 heavy (non-hydrogen) atoms. The van der Waals surface area contributed by atoms with Gasteiger partial charge in [0.05, 0.1) is 12.7 Å². The maximum absolute atomic E-state index is 9.66. The van der Waals surface area contributed by atoms with Gasteiger partial charge >= 0.3 is 0 Å². The summed E-state index contributed by atoms with van der Waals surface area (Å²) in [5, 5.41) is 13.1. The number of hydrogen-bond acceptors (Lipinski definition) is 4.